The number of rotatable bonds is 10. The molecule has 3 heterocycles. The molecule has 3 N–H and O–H groups in total. The molecule has 2 aromatic heterocycles. The van der Waals surface area contributed by atoms with E-state index in [0.717, 1.165) is 25.0 Å². The van der Waals surface area contributed by atoms with Crippen LogP contribution < -0.4 is 25.4 Å². The normalized spacial score (nSPS) is 22.0. The van der Waals surface area contributed by atoms with Crippen molar-refractivity contribution in [3.8, 4) is 22.8 Å². The third kappa shape index (κ3) is 5.41. The van der Waals surface area contributed by atoms with Crippen molar-refractivity contribution < 1.29 is 31.6 Å². The van der Waals surface area contributed by atoms with E-state index < -0.39 is 25.6 Å². The smallest absolute Gasteiger partial charge is 0.243 e. The van der Waals surface area contributed by atoms with Crippen LogP contribution in [0, 0.1) is 11.7 Å². The third-order valence-corrected chi connectivity index (χ3v) is 6.25. The first kappa shape index (κ1) is 18.3. The number of carbonyl (C=O) groups excluding carboxylic acids is 1. The SMILES string of the molecule is [2H]C([2H])([2H])Oc1cc(OC([2H])([2H])[2H])c(F)c(-c2cc3cnc(N[C@@H]4COC[C@@H]4NC(=O)C=C)nc3c(NCC3CC3)n2)c1. The van der Waals surface area contributed by atoms with E-state index in [1.165, 1.54) is 18.3 Å². The minimum atomic E-state index is -3.01. The monoisotopic (exact) mass is 514 g/mol. The van der Waals surface area contributed by atoms with E-state index in [-0.39, 0.29) is 40.9 Å². The summed E-state index contributed by atoms with van der Waals surface area (Å²) in [6.45, 7) is 4.66. The van der Waals surface area contributed by atoms with Gasteiger partial charge in [0.1, 0.15) is 11.3 Å². The second-order valence-corrected chi connectivity index (χ2v) is 8.91. The number of nitrogens with one attached hydrogen (secondary N) is 3. The second kappa shape index (κ2) is 10.6. The van der Waals surface area contributed by atoms with E-state index in [9.17, 15) is 4.79 Å². The number of methoxy groups -OCH3 is 2. The molecular formula is C26H29FN6O4. The van der Waals surface area contributed by atoms with Crippen LogP contribution in [-0.2, 0) is 9.53 Å². The summed E-state index contributed by atoms with van der Waals surface area (Å²) in [4.78, 5) is 25.4. The summed E-state index contributed by atoms with van der Waals surface area (Å²) in [5, 5.41) is 9.71. The molecule has 2 aliphatic rings. The number of ether oxygens (including phenoxy) is 3. The minimum Gasteiger partial charge on any atom is -0.497 e. The number of amides is 1. The van der Waals surface area contributed by atoms with E-state index in [0.29, 0.717) is 42.4 Å². The van der Waals surface area contributed by atoms with Gasteiger partial charge in [-0.25, -0.2) is 19.3 Å². The first-order chi connectivity index (χ1) is 20.3. The van der Waals surface area contributed by atoms with E-state index in [4.69, 9.17) is 22.4 Å². The van der Waals surface area contributed by atoms with Crippen molar-refractivity contribution in [2.24, 2.45) is 5.92 Å². The Morgan fingerprint density at radius 1 is 1.24 bits per heavy atom. The van der Waals surface area contributed by atoms with Crippen LogP contribution in [0.25, 0.3) is 22.2 Å². The van der Waals surface area contributed by atoms with Crippen LogP contribution in [0.4, 0.5) is 16.2 Å². The number of hydrogen-bond acceptors (Lipinski definition) is 9. The largest absolute Gasteiger partial charge is 0.497 e. The van der Waals surface area contributed by atoms with E-state index in [1.807, 2.05) is 0 Å². The Hall–Kier alpha value is -3.99. The average Bonchev–Trinajstić information content (AvgIpc) is 3.66. The number of nitrogens with zero attached hydrogens (tertiary/aromatic N) is 3. The van der Waals surface area contributed by atoms with Gasteiger partial charge in [0, 0.05) is 29.8 Å². The van der Waals surface area contributed by atoms with Gasteiger partial charge in [0.2, 0.25) is 11.9 Å². The van der Waals surface area contributed by atoms with Crippen LogP contribution in [0.1, 0.15) is 21.1 Å². The van der Waals surface area contributed by atoms with Crippen LogP contribution >= 0.6 is 0 Å². The Bertz CT molecular complexity index is 1530. The topological polar surface area (TPSA) is 120 Å². The van der Waals surface area contributed by atoms with Crippen molar-refractivity contribution in [1.82, 2.24) is 20.3 Å². The van der Waals surface area contributed by atoms with Crippen molar-refractivity contribution in [3.05, 3.63) is 42.9 Å². The lowest BCUT2D eigenvalue weighted by Crippen LogP contribution is -2.45. The summed E-state index contributed by atoms with van der Waals surface area (Å²) in [5.74, 6) is -1.46. The number of anilines is 2. The summed E-state index contributed by atoms with van der Waals surface area (Å²) in [5.41, 5.74) is 0.209. The predicted octanol–water partition coefficient (Wildman–Crippen LogP) is 3.15. The fourth-order valence-corrected chi connectivity index (χ4v) is 4.07. The Balaban J connectivity index is 1.54. The summed E-state index contributed by atoms with van der Waals surface area (Å²) < 4.78 is 75.5. The van der Waals surface area contributed by atoms with E-state index in [1.54, 1.807) is 0 Å². The molecule has 0 unspecified atom stereocenters. The zero-order valence-corrected chi connectivity index (χ0v) is 19.7. The van der Waals surface area contributed by atoms with Gasteiger partial charge >= 0.3 is 0 Å². The average molecular weight is 515 g/mol. The van der Waals surface area contributed by atoms with Crippen molar-refractivity contribution in [3.63, 3.8) is 0 Å². The van der Waals surface area contributed by atoms with Gasteiger partial charge in [-0.05, 0) is 37.0 Å². The molecule has 11 heteroatoms. The fraction of sp³-hybridized carbons (Fsp3) is 0.385. The number of halogens is 1. The van der Waals surface area contributed by atoms with Crippen molar-refractivity contribution in [2.45, 2.75) is 24.9 Å². The van der Waals surface area contributed by atoms with Gasteiger partial charge in [-0.2, -0.15) is 0 Å². The molecule has 37 heavy (non-hydrogen) atoms. The number of aromatic nitrogens is 3. The van der Waals surface area contributed by atoms with Gasteiger partial charge in [-0.3, -0.25) is 4.79 Å². The van der Waals surface area contributed by atoms with Crippen LogP contribution in [0.5, 0.6) is 11.5 Å². The molecule has 1 aliphatic heterocycles. The maximum atomic E-state index is 15.7. The molecule has 1 saturated heterocycles. The Morgan fingerprint density at radius 3 is 2.86 bits per heavy atom. The number of carbonyl (C=O) groups is 1. The maximum Gasteiger partial charge on any atom is 0.243 e. The lowest BCUT2D eigenvalue weighted by Gasteiger charge is -2.20. The Morgan fingerprint density at radius 2 is 2.08 bits per heavy atom. The fourth-order valence-electron chi connectivity index (χ4n) is 4.07. The number of pyridine rings is 1. The lowest BCUT2D eigenvalue weighted by molar-refractivity contribution is -0.117. The second-order valence-electron chi connectivity index (χ2n) is 8.91. The van der Waals surface area contributed by atoms with Gasteiger partial charge in [0.25, 0.3) is 0 Å². The summed E-state index contributed by atoms with van der Waals surface area (Å²) in [6, 6.07) is 2.81. The first-order valence-corrected chi connectivity index (χ1v) is 11.7. The molecule has 1 saturated carbocycles. The number of hydrogen-bond donors (Lipinski definition) is 3. The van der Waals surface area contributed by atoms with Crippen molar-refractivity contribution in [2.75, 3.05) is 44.5 Å². The van der Waals surface area contributed by atoms with Gasteiger partial charge in [0.15, 0.2) is 17.4 Å². The molecule has 0 spiro atoms. The van der Waals surface area contributed by atoms with Crippen LogP contribution in [-0.4, -0.2) is 66.8 Å². The van der Waals surface area contributed by atoms with Crippen LogP contribution in [0.2, 0.25) is 0 Å². The quantitative estimate of drug-likeness (QED) is 0.351. The molecule has 5 rings (SSSR count). The summed E-state index contributed by atoms with van der Waals surface area (Å²) in [7, 11) is -5.91. The molecule has 0 radical (unpaired) electrons. The predicted molar refractivity (Wildman–Crippen MR) is 137 cm³/mol. The highest BCUT2D eigenvalue weighted by Gasteiger charge is 2.30. The molecule has 194 valence electrons. The molecular weight excluding hydrogens is 479 g/mol. The molecule has 1 aromatic carbocycles. The van der Waals surface area contributed by atoms with Crippen molar-refractivity contribution in [1.29, 1.82) is 0 Å². The van der Waals surface area contributed by atoms with Crippen molar-refractivity contribution >= 4 is 28.6 Å². The molecule has 3 aromatic rings. The molecule has 1 aliphatic carbocycles. The van der Waals surface area contributed by atoms with Gasteiger partial charge in [0.05, 0.1) is 53.3 Å². The highest BCUT2D eigenvalue weighted by Crippen LogP contribution is 2.36. The zero-order chi connectivity index (χ0) is 30.9. The zero-order valence-electron chi connectivity index (χ0n) is 25.7. The molecule has 2 fully saturated rings. The number of fused-ring (bicyclic) bond motifs is 1. The van der Waals surface area contributed by atoms with Crippen LogP contribution in [0.3, 0.4) is 0 Å². The summed E-state index contributed by atoms with van der Waals surface area (Å²) >= 11 is 0. The first-order valence-electron chi connectivity index (χ1n) is 14.7. The number of benzene rings is 1. The maximum absolute atomic E-state index is 15.7. The van der Waals surface area contributed by atoms with Gasteiger partial charge in [-0.1, -0.05) is 6.58 Å². The molecule has 0 bridgehead atoms. The third-order valence-electron chi connectivity index (χ3n) is 6.25. The van der Waals surface area contributed by atoms with Crippen LogP contribution in [0.15, 0.2) is 37.1 Å². The Labute approximate surface area is 222 Å². The van der Waals surface area contributed by atoms with E-state index in [2.05, 4.69) is 37.5 Å². The highest BCUT2D eigenvalue weighted by molar-refractivity contribution is 5.92. The van der Waals surface area contributed by atoms with E-state index >= 15 is 4.39 Å². The molecule has 1 amide bonds. The standard InChI is InChI=1S/C26H29FN6O4/c1-4-22(34)30-19-12-37-13-20(19)32-26-29-11-15-7-18(17-8-16(35-2)9-21(36-3)23(17)27)31-25(24(15)33-26)28-10-14-5-6-14/h4,7-9,11,14,19-20H,1,5-6,10,12-13H2,2-3H3,(H,28,31)(H,30,34)(H,29,32,33)/t19-,20+/m0/s1/i2D3,3D3. The van der Waals surface area contributed by atoms with Gasteiger partial charge < -0.3 is 30.2 Å². The molecule has 2 atom stereocenters. The van der Waals surface area contributed by atoms with Gasteiger partial charge in [-0.15, -0.1) is 0 Å². The summed E-state index contributed by atoms with van der Waals surface area (Å²) in [6.07, 6.45) is 4.77. The Kier molecular flexibility index (Phi) is 5.21. The highest BCUT2D eigenvalue weighted by atomic mass is 19.1. The molecule has 10 nitrogen and oxygen atoms in total. The minimum absolute atomic E-state index is 0.0374. The lowest BCUT2D eigenvalue weighted by atomic mass is 10.1.